The smallest absolute Gasteiger partial charge is 0.497 e. The number of rotatable bonds is 8. The highest BCUT2D eigenvalue weighted by Crippen LogP contribution is 2.33. The molecule has 1 saturated heterocycles. The van der Waals surface area contributed by atoms with Gasteiger partial charge in [0.2, 0.25) is 0 Å². The number of ether oxygens (including phenoxy) is 3. The highest BCUT2D eigenvalue weighted by atomic mass is 19.4. The highest BCUT2D eigenvalue weighted by molar-refractivity contribution is 5.93. The Morgan fingerprint density at radius 2 is 1.66 bits per heavy atom. The molecule has 1 amide bonds. The maximum Gasteiger partial charge on any atom is 0.573 e. The molecular weight excluding hydrogens is 535 g/mol. The van der Waals surface area contributed by atoms with Crippen molar-refractivity contribution >= 4 is 28.2 Å². The summed E-state index contributed by atoms with van der Waals surface area (Å²) in [5.74, 6) is 1.02. The fourth-order valence-corrected chi connectivity index (χ4v) is 5.05. The summed E-state index contributed by atoms with van der Waals surface area (Å²) in [6.07, 6.45) is -2.93. The van der Waals surface area contributed by atoms with Crippen LogP contribution >= 0.6 is 0 Å². The van der Waals surface area contributed by atoms with Gasteiger partial charge in [-0.2, -0.15) is 0 Å². The monoisotopic (exact) mass is 565 g/mol. The van der Waals surface area contributed by atoms with E-state index in [1.54, 1.807) is 25.3 Å². The van der Waals surface area contributed by atoms with Crippen LogP contribution in [0, 0.1) is 6.92 Å². The van der Waals surface area contributed by atoms with Gasteiger partial charge in [-0.15, -0.1) is 13.2 Å². The van der Waals surface area contributed by atoms with E-state index in [1.165, 1.54) is 12.1 Å². The predicted molar refractivity (Wildman–Crippen MR) is 151 cm³/mol. The standard InChI is InChI=1S/C31H30F3N3O4/c1-20-17-29(27-18-26(39-2)11-12-28(27)35-20)40-19-30(38)36-23-5-7-24(8-6-23)37-15-13-22(14-16-37)21-3-9-25(10-4-21)41-31(32,33)34/h3-12,17-18,22H,13-16,19H2,1-2H3,(H,36,38). The van der Waals surface area contributed by atoms with E-state index in [1.807, 2.05) is 49.4 Å². The molecule has 0 bridgehead atoms. The van der Waals surface area contributed by atoms with Crippen molar-refractivity contribution in [3.05, 3.63) is 84.1 Å². The molecule has 1 aliphatic rings. The van der Waals surface area contributed by atoms with Gasteiger partial charge < -0.3 is 24.4 Å². The number of nitrogens with one attached hydrogen (secondary N) is 1. The molecule has 3 aromatic carbocycles. The van der Waals surface area contributed by atoms with Crippen LogP contribution in [0.1, 0.15) is 30.0 Å². The Bertz CT molecular complexity index is 1500. The molecule has 0 radical (unpaired) electrons. The second-order valence-electron chi connectivity index (χ2n) is 9.91. The zero-order chi connectivity index (χ0) is 29.0. The molecular formula is C31H30F3N3O4. The van der Waals surface area contributed by atoms with Crippen molar-refractivity contribution in [3.63, 3.8) is 0 Å². The third-order valence-corrected chi connectivity index (χ3v) is 7.06. The summed E-state index contributed by atoms with van der Waals surface area (Å²) >= 11 is 0. The van der Waals surface area contributed by atoms with Gasteiger partial charge in [0.05, 0.1) is 12.6 Å². The van der Waals surface area contributed by atoms with Crippen molar-refractivity contribution in [2.45, 2.75) is 32.0 Å². The maximum absolute atomic E-state index is 12.6. The number of hydrogen-bond donors (Lipinski definition) is 1. The average Bonchev–Trinajstić information content (AvgIpc) is 2.96. The number of piperidine rings is 1. The van der Waals surface area contributed by atoms with Gasteiger partial charge in [0.25, 0.3) is 5.91 Å². The molecule has 1 aliphatic heterocycles. The van der Waals surface area contributed by atoms with Crippen molar-refractivity contribution < 1.29 is 32.2 Å². The number of pyridine rings is 1. The van der Waals surface area contributed by atoms with E-state index in [0.717, 1.165) is 53.8 Å². The largest absolute Gasteiger partial charge is 0.573 e. The Labute approximate surface area is 235 Å². The highest BCUT2D eigenvalue weighted by Gasteiger charge is 2.31. The number of carbonyl (C=O) groups is 1. The fourth-order valence-electron chi connectivity index (χ4n) is 5.05. The van der Waals surface area contributed by atoms with Crippen LogP contribution < -0.4 is 24.4 Å². The Hall–Kier alpha value is -4.47. The number of halogens is 3. The van der Waals surface area contributed by atoms with Gasteiger partial charge >= 0.3 is 6.36 Å². The van der Waals surface area contributed by atoms with Crippen LogP contribution in [0.5, 0.6) is 17.2 Å². The van der Waals surface area contributed by atoms with E-state index in [4.69, 9.17) is 9.47 Å². The van der Waals surface area contributed by atoms with Gasteiger partial charge in [0.15, 0.2) is 6.61 Å². The van der Waals surface area contributed by atoms with Gasteiger partial charge in [-0.1, -0.05) is 12.1 Å². The number of amides is 1. The second kappa shape index (κ2) is 12.0. The molecule has 1 N–H and O–H groups in total. The second-order valence-corrected chi connectivity index (χ2v) is 9.91. The first-order valence-corrected chi connectivity index (χ1v) is 13.3. The van der Waals surface area contributed by atoms with Gasteiger partial charge in [-0.25, -0.2) is 0 Å². The number of hydrogen-bond acceptors (Lipinski definition) is 6. The summed E-state index contributed by atoms with van der Waals surface area (Å²) in [5, 5.41) is 3.64. The molecule has 1 fully saturated rings. The number of fused-ring (bicyclic) bond motifs is 1. The molecule has 7 nitrogen and oxygen atoms in total. The summed E-state index contributed by atoms with van der Waals surface area (Å²) in [6.45, 7) is 3.34. The Kier molecular flexibility index (Phi) is 8.19. The predicted octanol–water partition coefficient (Wildman–Crippen LogP) is 6.85. The number of methoxy groups -OCH3 is 1. The zero-order valence-electron chi connectivity index (χ0n) is 22.7. The van der Waals surface area contributed by atoms with E-state index in [9.17, 15) is 18.0 Å². The van der Waals surface area contributed by atoms with E-state index < -0.39 is 6.36 Å². The number of alkyl halides is 3. The van der Waals surface area contributed by atoms with Crippen LogP contribution in [0.2, 0.25) is 0 Å². The van der Waals surface area contributed by atoms with Crippen molar-refractivity contribution in [3.8, 4) is 17.2 Å². The van der Waals surface area contributed by atoms with E-state index in [2.05, 4.69) is 19.9 Å². The fraction of sp³-hybridized carbons (Fsp3) is 0.290. The first-order valence-electron chi connectivity index (χ1n) is 13.3. The Morgan fingerprint density at radius 3 is 2.32 bits per heavy atom. The van der Waals surface area contributed by atoms with Gasteiger partial charge in [0.1, 0.15) is 17.2 Å². The minimum absolute atomic E-state index is 0.158. The molecule has 0 spiro atoms. The molecule has 0 atom stereocenters. The number of benzene rings is 3. The van der Waals surface area contributed by atoms with Gasteiger partial charge in [-0.3, -0.25) is 9.78 Å². The average molecular weight is 566 g/mol. The van der Waals surface area contributed by atoms with Crippen LogP contribution in [0.4, 0.5) is 24.5 Å². The number of aromatic nitrogens is 1. The van der Waals surface area contributed by atoms with Crippen LogP contribution in [-0.4, -0.2) is 44.1 Å². The van der Waals surface area contributed by atoms with Crippen LogP contribution in [-0.2, 0) is 4.79 Å². The maximum atomic E-state index is 12.6. The van der Waals surface area contributed by atoms with Crippen molar-refractivity contribution in [1.82, 2.24) is 4.98 Å². The first kappa shape index (κ1) is 28.1. The van der Waals surface area contributed by atoms with E-state index in [-0.39, 0.29) is 24.2 Å². The molecule has 10 heteroatoms. The van der Waals surface area contributed by atoms with Crippen LogP contribution in [0.3, 0.4) is 0 Å². The van der Waals surface area contributed by atoms with Crippen LogP contribution in [0.25, 0.3) is 10.9 Å². The van der Waals surface area contributed by atoms with Crippen molar-refractivity contribution in [2.75, 3.05) is 37.0 Å². The lowest BCUT2D eigenvalue weighted by Crippen LogP contribution is -2.32. The van der Waals surface area contributed by atoms with Gasteiger partial charge in [-0.05, 0) is 85.8 Å². The topological polar surface area (TPSA) is 72.9 Å². The molecule has 5 rings (SSSR count). The third kappa shape index (κ3) is 7.19. The summed E-state index contributed by atoms with van der Waals surface area (Å²) in [4.78, 5) is 19.4. The minimum atomic E-state index is -4.69. The number of nitrogens with zero attached hydrogens (tertiary/aromatic N) is 2. The van der Waals surface area contributed by atoms with E-state index in [0.29, 0.717) is 17.2 Å². The van der Waals surface area contributed by atoms with E-state index >= 15 is 0 Å². The number of aryl methyl sites for hydroxylation is 1. The minimum Gasteiger partial charge on any atom is -0.497 e. The molecule has 4 aromatic rings. The normalized spacial score (nSPS) is 14.1. The lowest BCUT2D eigenvalue weighted by atomic mass is 9.89. The summed E-state index contributed by atoms with van der Waals surface area (Å²) in [7, 11) is 1.59. The van der Waals surface area contributed by atoms with Crippen LogP contribution in [0.15, 0.2) is 72.8 Å². The lowest BCUT2D eigenvalue weighted by Gasteiger charge is -2.34. The SMILES string of the molecule is COc1ccc2nc(C)cc(OCC(=O)Nc3ccc(N4CCC(c5ccc(OC(F)(F)F)cc5)CC4)cc3)c2c1. The quantitative estimate of drug-likeness (QED) is 0.252. The molecule has 0 saturated carbocycles. The lowest BCUT2D eigenvalue weighted by molar-refractivity contribution is -0.274. The Morgan fingerprint density at radius 1 is 0.976 bits per heavy atom. The molecule has 2 heterocycles. The van der Waals surface area contributed by atoms with Gasteiger partial charge in [0, 0.05) is 41.6 Å². The van der Waals surface area contributed by atoms with Crippen molar-refractivity contribution in [2.24, 2.45) is 0 Å². The molecule has 41 heavy (non-hydrogen) atoms. The third-order valence-electron chi connectivity index (χ3n) is 7.06. The molecule has 1 aromatic heterocycles. The number of carbonyl (C=O) groups excluding carboxylic acids is 1. The Balaban J connectivity index is 1.13. The number of anilines is 2. The molecule has 0 aliphatic carbocycles. The summed E-state index contributed by atoms with van der Waals surface area (Å²) in [5.41, 5.74) is 4.25. The van der Waals surface area contributed by atoms with Crippen molar-refractivity contribution in [1.29, 1.82) is 0 Å². The molecule has 0 unspecified atom stereocenters. The molecule has 214 valence electrons. The first-order chi connectivity index (χ1) is 19.7. The zero-order valence-corrected chi connectivity index (χ0v) is 22.7. The summed E-state index contributed by atoms with van der Waals surface area (Å²) in [6, 6.07) is 21.1. The summed E-state index contributed by atoms with van der Waals surface area (Å²) < 4.78 is 52.3.